The summed E-state index contributed by atoms with van der Waals surface area (Å²) in [5.74, 6) is -2.53. The molecule has 10 nitrogen and oxygen atoms in total. The molecule has 1 aromatic carbocycles. The molecule has 0 spiro atoms. The van der Waals surface area contributed by atoms with Gasteiger partial charge in [0.25, 0.3) is 11.5 Å². The summed E-state index contributed by atoms with van der Waals surface area (Å²) in [4.78, 5) is 36.3. The second-order valence-corrected chi connectivity index (χ2v) is 7.58. The smallest absolute Gasteiger partial charge is 0.492 e. The standard InChI is InChI=1S/C24H24F4N4O6/c1-4-36-14-9-19(37-5-2)21(29-11-14)22-30-16(10-20(33)32-22)23(34)31-17(12-35-3)13-6-7-18(15(25)8-13)38-24(26,27)28/h6-11,17H,4-5,12H2,1-3H3,(H,31,34)(H,30,32,33)/t17-/m1/s1. The average molecular weight is 540 g/mol. The number of H-pyrrole nitrogens is 1. The molecule has 0 aliphatic heterocycles. The first-order valence-corrected chi connectivity index (χ1v) is 11.3. The van der Waals surface area contributed by atoms with Crippen molar-refractivity contribution in [1.82, 2.24) is 20.3 Å². The molecule has 1 amide bonds. The van der Waals surface area contributed by atoms with E-state index in [1.165, 1.54) is 13.3 Å². The van der Waals surface area contributed by atoms with E-state index < -0.39 is 35.4 Å². The molecule has 2 N–H and O–H groups in total. The van der Waals surface area contributed by atoms with Crippen LogP contribution < -0.4 is 25.1 Å². The summed E-state index contributed by atoms with van der Waals surface area (Å²) in [6.07, 6.45) is -3.67. The minimum atomic E-state index is -5.08. The number of ether oxygens (including phenoxy) is 4. The summed E-state index contributed by atoms with van der Waals surface area (Å²) in [7, 11) is 1.31. The highest BCUT2D eigenvalue weighted by Gasteiger charge is 2.32. The van der Waals surface area contributed by atoms with Crippen molar-refractivity contribution in [3.8, 4) is 28.8 Å². The lowest BCUT2D eigenvalue weighted by Gasteiger charge is -2.19. The van der Waals surface area contributed by atoms with Gasteiger partial charge in [-0.15, -0.1) is 13.2 Å². The summed E-state index contributed by atoms with van der Waals surface area (Å²) >= 11 is 0. The lowest BCUT2D eigenvalue weighted by molar-refractivity contribution is -0.275. The van der Waals surface area contributed by atoms with Crippen LogP contribution in [-0.2, 0) is 4.74 Å². The number of hydrogen-bond donors (Lipinski definition) is 2. The lowest BCUT2D eigenvalue weighted by Crippen LogP contribution is -2.33. The minimum absolute atomic E-state index is 0.0582. The van der Waals surface area contributed by atoms with Gasteiger partial charge in [-0.1, -0.05) is 6.07 Å². The SMILES string of the molecule is CCOc1cnc(-c2nc(C(=O)N[C@H](COC)c3ccc(OC(F)(F)F)c(F)c3)cc(=O)[nH]2)c(OCC)c1. The van der Waals surface area contributed by atoms with Gasteiger partial charge in [-0.3, -0.25) is 9.59 Å². The van der Waals surface area contributed by atoms with E-state index in [2.05, 4.69) is 25.0 Å². The third-order valence-electron chi connectivity index (χ3n) is 4.86. The fourth-order valence-corrected chi connectivity index (χ4v) is 3.36. The van der Waals surface area contributed by atoms with Crippen LogP contribution in [0.25, 0.3) is 11.5 Å². The van der Waals surface area contributed by atoms with E-state index >= 15 is 0 Å². The zero-order chi connectivity index (χ0) is 27.9. The summed E-state index contributed by atoms with van der Waals surface area (Å²) in [5, 5.41) is 2.54. The minimum Gasteiger partial charge on any atom is -0.492 e. The highest BCUT2D eigenvalue weighted by Crippen LogP contribution is 2.30. The molecule has 2 aromatic heterocycles. The number of benzene rings is 1. The van der Waals surface area contributed by atoms with E-state index in [0.717, 1.165) is 24.3 Å². The maximum absolute atomic E-state index is 14.2. The number of halogens is 4. The predicted octanol–water partition coefficient (Wildman–Crippen LogP) is 3.78. The molecular weight excluding hydrogens is 516 g/mol. The molecule has 14 heteroatoms. The van der Waals surface area contributed by atoms with Gasteiger partial charge in [0.15, 0.2) is 23.1 Å². The number of carbonyl (C=O) groups excluding carboxylic acids is 1. The maximum atomic E-state index is 14.2. The molecule has 0 saturated carbocycles. The number of nitrogens with zero attached hydrogens (tertiary/aromatic N) is 2. The molecule has 0 saturated heterocycles. The Morgan fingerprint density at radius 1 is 1.11 bits per heavy atom. The van der Waals surface area contributed by atoms with Crippen LogP contribution in [0.3, 0.4) is 0 Å². The summed E-state index contributed by atoms with van der Waals surface area (Å²) in [6, 6.07) is 4.20. The van der Waals surface area contributed by atoms with Crippen LogP contribution >= 0.6 is 0 Å². The first-order chi connectivity index (χ1) is 18.0. The van der Waals surface area contributed by atoms with Crippen molar-refractivity contribution in [1.29, 1.82) is 0 Å². The predicted molar refractivity (Wildman–Crippen MR) is 126 cm³/mol. The van der Waals surface area contributed by atoms with Crippen LogP contribution in [0.5, 0.6) is 17.2 Å². The van der Waals surface area contributed by atoms with Gasteiger partial charge in [0, 0.05) is 19.2 Å². The number of pyridine rings is 1. The zero-order valence-corrected chi connectivity index (χ0v) is 20.5. The van der Waals surface area contributed by atoms with Gasteiger partial charge in [-0.25, -0.2) is 14.4 Å². The van der Waals surface area contributed by atoms with Crippen LogP contribution in [0.15, 0.2) is 41.3 Å². The van der Waals surface area contributed by atoms with Gasteiger partial charge < -0.3 is 29.2 Å². The second kappa shape index (κ2) is 12.4. The molecular formula is C24H24F4N4O6. The molecule has 1 atom stereocenters. The van der Waals surface area contributed by atoms with Crippen LogP contribution in [0, 0.1) is 5.82 Å². The van der Waals surface area contributed by atoms with Crippen LogP contribution in [-0.4, -0.2) is 54.2 Å². The highest BCUT2D eigenvalue weighted by molar-refractivity contribution is 5.92. The molecule has 2 heterocycles. The molecule has 3 rings (SSSR count). The number of rotatable bonds is 11. The normalized spacial score (nSPS) is 12.1. The molecule has 0 unspecified atom stereocenters. The van der Waals surface area contributed by atoms with Crippen molar-refractivity contribution in [3.05, 3.63) is 64.0 Å². The number of hydrogen-bond acceptors (Lipinski definition) is 8. The van der Waals surface area contributed by atoms with Crippen LogP contribution in [0.2, 0.25) is 0 Å². The van der Waals surface area contributed by atoms with Gasteiger partial charge in [0.1, 0.15) is 17.1 Å². The van der Waals surface area contributed by atoms with Crippen molar-refractivity contribution in [2.24, 2.45) is 0 Å². The van der Waals surface area contributed by atoms with Crippen LogP contribution in [0.1, 0.15) is 35.9 Å². The van der Waals surface area contributed by atoms with Gasteiger partial charge in [-0.2, -0.15) is 0 Å². The number of methoxy groups -OCH3 is 1. The van der Waals surface area contributed by atoms with E-state index in [0.29, 0.717) is 12.4 Å². The Bertz CT molecular complexity index is 1330. The van der Waals surface area contributed by atoms with E-state index in [4.69, 9.17) is 14.2 Å². The summed E-state index contributed by atoms with van der Waals surface area (Å²) < 4.78 is 71.3. The van der Waals surface area contributed by atoms with E-state index in [9.17, 15) is 27.2 Å². The van der Waals surface area contributed by atoms with Gasteiger partial charge in [-0.05, 0) is 31.5 Å². The fourth-order valence-electron chi connectivity index (χ4n) is 3.36. The van der Waals surface area contributed by atoms with Crippen molar-refractivity contribution >= 4 is 5.91 Å². The first-order valence-electron chi connectivity index (χ1n) is 11.3. The number of nitrogens with one attached hydrogen (secondary N) is 2. The molecule has 0 radical (unpaired) electrons. The number of carbonyl (C=O) groups is 1. The molecule has 0 aliphatic rings. The van der Waals surface area contributed by atoms with Crippen molar-refractivity contribution in [2.75, 3.05) is 26.9 Å². The Labute approximate surface area is 213 Å². The van der Waals surface area contributed by atoms with E-state index in [1.807, 2.05) is 0 Å². The Morgan fingerprint density at radius 2 is 1.84 bits per heavy atom. The van der Waals surface area contributed by atoms with Gasteiger partial charge >= 0.3 is 6.36 Å². The fraction of sp³-hybridized carbons (Fsp3) is 0.333. The lowest BCUT2D eigenvalue weighted by atomic mass is 10.1. The maximum Gasteiger partial charge on any atom is 0.573 e. The van der Waals surface area contributed by atoms with Crippen molar-refractivity contribution < 1.29 is 41.3 Å². The second-order valence-electron chi connectivity index (χ2n) is 7.58. The highest BCUT2D eigenvalue weighted by atomic mass is 19.4. The molecule has 0 fully saturated rings. The van der Waals surface area contributed by atoms with Gasteiger partial charge in [0.05, 0.1) is 32.1 Å². The average Bonchev–Trinajstić information content (AvgIpc) is 2.84. The number of alkyl halides is 3. The zero-order valence-electron chi connectivity index (χ0n) is 20.5. The third-order valence-corrected chi connectivity index (χ3v) is 4.86. The topological polar surface area (TPSA) is 125 Å². The van der Waals surface area contributed by atoms with Gasteiger partial charge in [0.2, 0.25) is 0 Å². The van der Waals surface area contributed by atoms with E-state index in [-0.39, 0.29) is 41.7 Å². The van der Waals surface area contributed by atoms with Crippen LogP contribution in [0.4, 0.5) is 17.6 Å². The first kappa shape index (κ1) is 28.4. The number of aromatic nitrogens is 3. The number of amides is 1. The Kier molecular flexibility index (Phi) is 9.23. The molecule has 38 heavy (non-hydrogen) atoms. The number of aromatic amines is 1. The molecule has 0 bridgehead atoms. The Balaban J connectivity index is 1.91. The van der Waals surface area contributed by atoms with E-state index in [1.54, 1.807) is 19.9 Å². The Hall–Kier alpha value is -4.20. The Morgan fingerprint density at radius 3 is 2.47 bits per heavy atom. The summed E-state index contributed by atoms with van der Waals surface area (Å²) in [5.41, 5.74) is -0.733. The monoisotopic (exact) mass is 540 g/mol. The summed E-state index contributed by atoms with van der Waals surface area (Å²) in [6.45, 7) is 4.04. The molecule has 0 aliphatic carbocycles. The van der Waals surface area contributed by atoms with Crippen molar-refractivity contribution in [2.45, 2.75) is 26.3 Å². The largest absolute Gasteiger partial charge is 0.573 e. The van der Waals surface area contributed by atoms with Crippen molar-refractivity contribution in [3.63, 3.8) is 0 Å². The quantitative estimate of drug-likeness (QED) is 0.352. The third kappa shape index (κ3) is 7.41. The molecule has 3 aromatic rings. The molecule has 204 valence electrons.